The third-order valence-corrected chi connectivity index (χ3v) is 3.84. The van der Waals surface area contributed by atoms with E-state index in [4.69, 9.17) is 14.2 Å². The van der Waals surface area contributed by atoms with Crippen LogP contribution in [0.4, 0.5) is 4.79 Å². The predicted octanol–water partition coefficient (Wildman–Crippen LogP) is 2.63. The molecule has 0 radical (unpaired) electrons. The summed E-state index contributed by atoms with van der Waals surface area (Å²) >= 11 is 0. The van der Waals surface area contributed by atoms with Crippen LogP contribution in [0.5, 0.6) is 0 Å². The number of rotatable bonds is 8. The van der Waals surface area contributed by atoms with Gasteiger partial charge in [-0.15, -0.1) is 0 Å². The van der Waals surface area contributed by atoms with E-state index in [0.29, 0.717) is 31.7 Å². The molecule has 0 aromatic carbocycles. The maximum absolute atomic E-state index is 11.6. The molecule has 0 saturated heterocycles. The number of carbonyl (C=O) groups excluding carboxylic acids is 3. The fraction of sp³-hybridized carbons (Fsp3) is 0.706. The fourth-order valence-corrected chi connectivity index (χ4v) is 2.44. The van der Waals surface area contributed by atoms with Crippen molar-refractivity contribution in [1.29, 1.82) is 0 Å². The van der Waals surface area contributed by atoms with E-state index in [1.807, 2.05) is 6.92 Å². The summed E-state index contributed by atoms with van der Waals surface area (Å²) in [6.07, 6.45) is 5.89. The minimum atomic E-state index is -0.657. The summed E-state index contributed by atoms with van der Waals surface area (Å²) in [7, 11) is 1.28. The van der Waals surface area contributed by atoms with Gasteiger partial charge in [0.25, 0.3) is 0 Å². The monoisotopic (exact) mass is 342 g/mol. The van der Waals surface area contributed by atoms with Crippen LogP contribution in [-0.4, -0.2) is 45.0 Å². The molecular formula is C17H26O7. The maximum Gasteiger partial charge on any atom is 0.507 e. The van der Waals surface area contributed by atoms with E-state index in [1.165, 1.54) is 7.11 Å². The van der Waals surface area contributed by atoms with Crippen molar-refractivity contribution in [3.63, 3.8) is 0 Å². The van der Waals surface area contributed by atoms with Crippen LogP contribution < -0.4 is 0 Å². The molecule has 1 saturated carbocycles. The van der Waals surface area contributed by atoms with Crippen molar-refractivity contribution in [3.8, 4) is 0 Å². The smallest absolute Gasteiger partial charge is 0.463 e. The Kier molecular flexibility index (Phi) is 9.56. The number of hydrogen-bond acceptors (Lipinski definition) is 7. The van der Waals surface area contributed by atoms with Gasteiger partial charge < -0.3 is 18.9 Å². The molecule has 7 nitrogen and oxygen atoms in total. The molecule has 0 aromatic heterocycles. The first kappa shape index (κ1) is 20.0. The van der Waals surface area contributed by atoms with Gasteiger partial charge in [0.2, 0.25) is 0 Å². The largest absolute Gasteiger partial charge is 0.507 e. The Hall–Kier alpha value is -2.05. The Morgan fingerprint density at radius 2 is 1.38 bits per heavy atom. The first-order chi connectivity index (χ1) is 11.5. The minimum Gasteiger partial charge on any atom is -0.463 e. The van der Waals surface area contributed by atoms with Crippen molar-refractivity contribution in [3.05, 3.63) is 12.2 Å². The second-order valence-electron chi connectivity index (χ2n) is 5.78. The van der Waals surface area contributed by atoms with E-state index in [-0.39, 0.29) is 0 Å². The first-order valence-electron chi connectivity index (χ1n) is 8.27. The lowest BCUT2D eigenvalue weighted by Gasteiger charge is -2.27. The molecular weight excluding hydrogens is 316 g/mol. The summed E-state index contributed by atoms with van der Waals surface area (Å²) in [5.74, 6) is -0.465. The van der Waals surface area contributed by atoms with Gasteiger partial charge in [-0.3, -0.25) is 0 Å². The Labute approximate surface area is 142 Å². The molecule has 0 aliphatic heterocycles. The molecule has 7 heteroatoms. The van der Waals surface area contributed by atoms with Gasteiger partial charge in [0.15, 0.2) is 0 Å². The number of esters is 2. The minimum absolute atomic E-state index is 0.295. The Balaban J connectivity index is 2.16. The van der Waals surface area contributed by atoms with E-state index in [0.717, 1.165) is 44.3 Å². The summed E-state index contributed by atoms with van der Waals surface area (Å²) in [6, 6.07) is 0. The zero-order valence-electron chi connectivity index (χ0n) is 14.3. The van der Waals surface area contributed by atoms with Crippen molar-refractivity contribution >= 4 is 18.1 Å². The highest BCUT2D eigenvalue weighted by atomic mass is 16.7. The summed E-state index contributed by atoms with van der Waals surface area (Å²) in [4.78, 5) is 33.7. The number of methoxy groups -OCH3 is 1. The zero-order valence-corrected chi connectivity index (χ0v) is 14.3. The quantitative estimate of drug-likeness (QED) is 0.380. The van der Waals surface area contributed by atoms with Gasteiger partial charge in [0.05, 0.1) is 26.9 Å². The van der Waals surface area contributed by atoms with Crippen LogP contribution in [-0.2, 0) is 28.5 Å². The van der Waals surface area contributed by atoms with E-state index >= 15 is 0 Å². The van der Waals surface area contributed by atoms with Crippen LogP contribution in [0.15, 0.2) is 12.2 Å². The Bertz CT molecular complexity index is 436. The Morgan fingerprint density at radius 3 is 1.88 bits per heavy atom. The predicted molar refractivity (Wildman–Crippen MR) is 85.2 cm³/mol. The molecule has 1 aliphatic carbocycles. The lowest BCUT2D eigenvalue weighted by Crippen LogP contribution is -2.23. The average Bonchev–Trinajstić information content (AvgIpc) is 2.61. The summed E-state index contributed by atoms with van der Waals surface area (Å²) in [5, 5.41) is 0. The van der Waals surface area contributed by atoms with Crippen molar-refractivity contribution in [2.24, 2.45) is 11.8 Å². The van der Waals surface area contributed by atoms with E-state index in [2.05, 4.69) is 4.74 Å². The summed E-state index contributed by atoms with van der Waals surface area (Å²) < 4.78 is 19.3. The topological polar surface area (TPSA) is 88.1 Å². The van der Waals surface area contributed by atoms with Gasteiger partial charge >= 0.3 is 18.1 Å². The van der Waals surface area contributed by atoms with Crippen molar-refractivity contribution in [1.82, 2.24) is 0 Å². The third kappa shape index (κ3) is 8.55. The van der Waals surface area contributed by atoms with Gasteiger partial charge in [0.1, 0.15) is 0 Å². The highest BCUT2D eigenvalue weighted by Crippen LogP contribution is 2.29. The van der Waals surface area contributed by atoms with Gasteiger partial charge in [-0.1, -0.05) is 6.92 Å². The number of ether oxygens (including phenoxy) is 4. The molecule has 0 atom stereocenters. The molecule has 0 unspecified atom stereocenters. The molecule has 0 aromatic rings. The molecule has 0 amide bonds. The van der Waals surface area contributed by atoms with E-state index < -0.39 is 18.1 Å². The van der Waals surface area contributed by atoms with Crippen LogP contribution in [0.1, 0.15) is 39.0 Å². The van der Waals surface area contributed by atoms with Crippen LogP contribution in [0.25, 0.3) is 0 Å². The summed E-state index contributed by atoms with van der Waals surface area (Å²) in [6.45, 7) is 2.92. The normalized spacial score (nSPS) is 20.4. The second kappa shape index (κ2) is 11.5. The number of hydrogen-bond donors (Lipinski definition) is 0. The second-order valence-corrected chi connectivity index (χ2v) is 5.78. The van der Waals surface area contributed by atoms with Crippen LogP contribution in [0.2, 0.25) is 0 Å². The fourth-order valence-electron chi connectivity index (χ4n) is 2.44. The van der Waals surface area contributed by atoms with Gasteiger partial charge in [-0.2, -0.15) is 0 Å². The lowest BCUT2D eigenvalue weighted by molar-refractivity contribution is -0.141. The maximum atomic E-state index is 11.6. The lowest BCUT2D eigenvalue weighted by atomic mass is 9.83. The van der Waals surface area contributed by atoms with Crippen LogP contribution >= 0.6 is 0 Å². The van der Waals surface area contributed by atoms with E-state index in [9.17, 15) is 14.4 Å². The van der Waals surface area contributed by atoms with Crippen molar-refractivity contribution in [2.75, 3.05) is 26.9 Å². The number of carbonyl (C=O) groups is 3. The van der Waals surface area contributed by atoms with Gasteiger partial charge in [0, 0.05) is 12.2 Å². The molecule has 1 fully saturated rings. The summed E-state index contributed by atoms with van der Waals surface area (Å²) in [5.41, 5.74) is 0. The third-order valence-electron chi connectivity index (χ3n) is 3.84. The first-order valence-corrected chi connectivity index (χ1v) is 8.27. The molecule has 0 heterocycles. The molecule has 0 spiro atoms. The van der Waals surface area contributed by atoms with E-state index in [1.54, 1.807) is 0 Å². The molecule has 1 rings (SSSR count). The highest BCUT2D eigenvalue weighted by Gasteiger charge is 2.23. The standard InChI is InChI=1S/C17H26O7/c1-3-10-22-15(18)8-9-16(19)23-11-13-4-6-14(7-5-13)12-24-17(20)21-2/h8-9,13-14H,3-7,10-12H2,1-2H3. The van der Waals surface area contributed by atoms with Gasteiger partial charge in [-0.05, 0) is 43.9 Å². The molecule has 24 heavy (non-hydrogen) atoms. The molecule has 136 valence electrons. The van der Waals surface area contributed by atoms with Crippen LogP contribution in [0, 0.1) is 11.8 Å². The Morgan fingerprint density at radius 1 is 0.875 bits per heavy atom. The zero-order chi connectivity index (χ0) is 17.8. The highest BCUT2D eigenvalue weighted by molar-refractivity contribution is 5.91. The van der Waals surface area contributed by atoms with Gasteiger partial charge in [-0.25, -0.2) is 14.4 Å². The average molecular weight is 342 g/mol. The molecule has 0 bridgehead atoms. The SMILES string of the molecule is CCCOC(=O)C=CC(=O)OCC1CCC(COC(=O)OC)CC1. The van der Waals surface area contributed by atoms with Crippen molar-refractivity contribution in [2.45, 2.75) is 39.0 Å². The molecule has 0 N–H and O–H groups in total. The molecule has 1 aliphatic rings. The van der Waals surface area contributed by atoms with Crippen LogP contribution in [0.3, 0.4) is 0 Å². The van der Waals surface area contributed by atoms with Crippen molar-refractivity contribution < 1.29 is 33.3 Å².